The molecule has 1 amide bonds. The number of rotatable bonds is 9. The van der Waals surface area contributed by atoms with Crippen LogP contribution < -0.4 is 10.6 Å². The number of nitrogens with one attached hydrogen (secondary N) is 2. The number of hydrogen-bond donors (Lipinski definition) is 2. The number of amides is 1. The number of ether oxygens (including phenoxy) is 1. The van der Waals surface area contributed by atoms with Gasteiger partial charge >= 0.3 is 6.09 Å². The Labute approximate surface area is 125 Å². The van der Waals surface area contributed by atoms with Crippen LogP contribution in [0, 0.1) is 5.92 Å². The zero-order chi connectivity index (χ0) is 15.6. The molecule has 0 aromatic heterocycles. The van der Waals surface area contributed by atoms with Crippen LogP contribution in [0.4, 0.5) is 4.79 Å². The molecule has 2 atom stereocenters. The summed E-state index contributed by atoms with van der Waals surface area (Å²) in [5.41, 5.74) is -0.436. The smallest absolute Gasteiger partial charge is 0.407 e. The van der Waals surface area contributed by atoms with Gasteiger partial charge in [0.25, 0.3) is 0 Å². The van der Waals surface area contributed by atoms with Crippen molar-refractivity contribution in [1.29, 1.82) is 0 Å². The highest BCUT2D eigenvalue weighted by Gasteiger charge is 2.16. The molecule has 0 heterocycles. The number of alkyl carbamates (subject to hydrolysis) is 1. The highest BCUT2D eigenvalue weighted by molar-refractivity contribution is 5.67. The van der Waals surface area contributed by atoms with E-state index in [0.717, 1.165) is 12.5 Å². The van der Waals surface area contributed by atoms with Crippen molar-refractivity contribution >= 4 is 6.09 Å². The summed E-state index contributed by atoms with van der Waals surface area (Å²) in [6, 6.07) is 0.262. The van der Waals surface area contributed by atoms with Crippen molar-refractivity contribution in [3.05, 3.63) is 0 Å². The van der Waals surface area contributed by atoms with Crippen molar-refractivity contribution in [2.45, 2.75) is 78.9 Å². The summed E-state index contributed by atoms with van der Waals surface area (Å²) < 4.78 is 5.21. The van der Waals surface area contributed by atoms with Crippen LogP contribution in [0.25, 0.3) is 0 Å². The first-order valence-electron chi connectivity index (χ1n) is 7.98. The molecule has 0 fully saturated rings. The number of carbonyl (C=O) groups is 1. The monoisotopic (exact) mass is 286 g/mol. The molecule has 0 saturated heterocycles. The SMILES string of the molecule is CCCCC(CC)CNC(C)CNC(=O)OC(C)(C)C. The van der Waals surface area contributed by atoms with E-state index in [-0.39, 0.29) is 12.1 Å². The predicted molar refractivity (Wildman–Crippen MR) is 85.0 cm³/mol. The molecule has 2 unspecified atom stereocenters. The molecule has 0 aliphatic rings. The van der Waals surface area contributed by atoms with Crippen LogP contribution in [0.15, 0.2) is 0 Å². The van der Waals surface area contributed by atoms with Crippen LogP contribution in [0.3, 0.4) is 0 Å². The van der Waals surface area contributed by atoms with E-state index in [1.807, 2.05) is 20.8 Å². The Hall–Kier alpha value is -0.770. The highest BCUT2D eigenvalue weighted by Crippen LogP contribution is 2.11. The van der Waals surface area contributed by atoms with Gasteiger partial charge in [0.2, 0.25) is 0 Å². The predicted octanol–water partition coefficient (Wildman–Crippen LogP) is 3.71. The molecule has 0 spiro atoms. The molecule has 0 aliphatic heterocycles. The second-order valence-electron chi connectivity index (χ2n) is 6.61. The van der Waals surface area contributed by atoms with E-state index in [4.69, 9.17) is 4.74 Å². The molecule has 0 radical (unpaired) electrons. The van der Waals surface area contributed by atoms with Crippen molar-refractivity contribution in [2.75, 3.05) is 13.1 Å². The van der Waals surface area contributed by atoms with E-state index in [9.17, 15) is 4.79 Å². The molecule has 0 rings (SSSR count). The molecule has 120 valence electrons. The standard InChI is InChI=1S/C16H34N2O2/c1-7-9-10-14(8-2)12-17-13(3)11-18-15(19)20-16(4,5)6/h13-14,17H,7-12H2,1-6H3,(H,18,19). The van der Waals surface area contributed by atoms with E-state index in [1.54, 1.807) is 0 Å². The lowest BCUT2D eigenvalue weighted by molar-refractivity contribution is 0.0523. The van der Waals surface area contributed by atoms with Crippen molar-refractivity contribution in [1.82, 2.24) is 10.6 Å². The maximum atomic E-state index is 11.5. The van der Waals surface area contributed by atoms with E-state index in [0.29, 0.717) is 6.54 Å². The molecule has 2 N–H and O–H groups in total. The molecule has 0 aromatic rings. The Kier molecular flexibility index (Phi) is 9.64. The minimum absolute atomic E-state index is 0.262. The molecule has 0 bridgehead atoms. The third-order valence-corrected chi connectivity index (χ3v) is 3.25. The van der Waals surface area contributed by atoms with Crippen LogP contribution in [-0.2, 0) is 4.74 Å². The summed E-state index contributed by atoms with van der Waals surface area (Å²) in [5.74, 6) is 0.735. The van der Waals surface area contributed by atoms with Crippen LogP contribution in [0.2, 0.25) is 0 Å². The van der Waals surface area contributed by atoms with Crippen LogP contribution in [0.5, 0.6) is 0 Å². The lowest BCUT2D eigenvalue weighted by Gasteiger charge is -2.22. The van der Waals surface area contributed by atoms with Gasteiger partial charge in [0.1, 0.15) is 5.60 Å². The Balaban J connectivity index is 3.82. The normalized spacial score (nSPS) is 14.7. The van der Waals surface area contributed by atoms with Crippen LogP contribution in [0.1, 0.15) is 67.2 Å². The van der Waals surface area contributed by atoms with Gasteiger partial charge in [-0.1, -0.05) is 33.1 Å². The van der Waals surface area contributed by atoms with E-state index < -0.39 is 5.60 Å². The van der Waals surface area contributed by atoms with Gasteiger partial charge in [0.15, 0.2) is 0 Å². The Bertz CT molecular complexity index is 262. The first-order chi connectivity index (χ1) is 9.28. The summed E-state index contributed by atoms with van der Waals surface area (Å²) in [6.07, 6.45) is 4.70. The van der Waals surface area contributed by atoms with Crippen molar-refractivity contribution in [2.24, 2.45) is 5.92 Å². The number of carbonyl (C=O) groups excluding carboxylic acids is 1. The largest absolute Gasteiger partial charge is 0.444 e. The van der Waals surface area contributed by atoms with Gasteiger partial charge in [-0.3, -0.25) is 0 Å². The lowest BCUT2D eigenvalue weighted by Crippen LogP contribution is -2.42. The minimum atomic E-state index is -0.436. The van der Waals surface area contributed by atoms with Gasteiger partial charge in [-0.2, -0.15) is 0 Å². The van der Waals surface area contributed by atoms with Gasteiger partial charge in [-0.15, -0.1) is 0 Å². The molecule has 4 heteroatoms. The Morgan fingerprint density at radius 3 is 2.35 bits per heavy atom. The zero-order valence-corrected chi connectivity index (χ0v) is 14.2. The van der Waals surface area contributed by atoms with E-state index in [2.05, 4.69) is 31.4 Å². The fraction of sp³-hybridized carbons (Fsp3) is 0.938. The molecular weight excluding hydrogens is 252 g/mol. The van der Waals surface area contributed by atoms with E-state index >= 15 is 0 Å². The third-order valence-electron chi connectivity index (χ3n) is 3.25. The fourth-order valence-corrected chi connectivity index (χ4v) is 1.93. The zero-order valence-electron chi connectivity index (χ0n) is 14.2. The summed E-state index contributed by atoms with van der Waals surface area (Å²) >= 11 is 0. The molecular formula is C16H34N2O2. The van der Waals surface area contributed by atoms with E-state index in [1.165, 1.54) is 25.7 Å². The maximum absolute atomic E-state index is 11.5. The first kappa shape index (κ1) is 19.2. The van der Waals surface area contributed by atoms with Gasteiger partial charge in [-0.05, 0) is 46.6 Å². The lowest BCUT2D eigenvalue weighted by atomic mass is 9.99. The molecule has 4 nitrogen and oxygen atoms in total. The number of hydrogen-bond acceptors (Lipinski definition) is 3. The summed E-state index contributed by atoms with van der Waals surface area (Å²) in [7, 11) is 0. The third kappa shape index (κ3) is 11.1. The van der Waals surface area contributed by atoms with Gasteiger partial charge in [0, 0.05) is 12.6 Å². The molecule has 0 saturated carbocycles. The minimum Gasteiger partial charge on any atom is -0.444 e. The Morgan fingerprint density at radius 2 is 1.85 bits per heavy atom. The van der Waals surface area contributed by atoms with Crippen molar-refractivity contribution in [3.63, 3.8) is 0 Å². The summed E-state index contributed by atoms with van der Waals surface area (Å²) in [4.78, 5) is 11.5. The van der Waals surface area contributed by atoms with Crippen LogP contribution in [-0.4, -0.2) is 30.8 Å². The maximum Gasteiger partial charge on any atom is 0.407 e. The second-order valence-corrected chi connectivity index (χ2v) is 6.61. The quantitative estimate of drug-likeness (QED) is 0.679. The average molecular weight is 286 g/mol. The highest BCUT2D eigenvalue weighted by atomic mass is 16.6. The van der Waals surface area contributed by atoms with Gasteiger partial charge < -0.3 is 15.4 Å². The molecule has 0 aromatic carbocycles. The summed E-state index contributed by atoms with van der Waals surface area (Å²) in [6.45, 7) is 13.8. The summed E-state index contributed by atoms with van der Waals surface area (Å²) in [5, 5.41) is 6.29. The van der Waals surface area contributed by atoms with Crippen LogP contribution >= 0.6 is 0 Å². The van der Waals surface area contributed by atoms with Crippen molar-refractivity contribution < 1.29 is 9.53 Å². The van der Waals surface area contributed by atoms with Gasteiger partial charge in [0.05, 0.1) is 0 Å². The Morgan fingerprint density at radius 1 is 1.20 bits per heavy atom. The molecule has 20 heavy (non-hydrogen) atoms. The van der Waals surface area contributed by atoms with Crippen molar-refractivity contribution in [3.8, 4) is 0 Å². The first-order valence-corrected chi connectivity index (χ1v) is 7.98. The second kappa shape index (κ2) is 10.0. The topological polar surface area (TPSA) is 50.4 Å². The fourth-order valence-electron chi connectivity index (χ4n) is 1.93. The number of unbranched alkanes of at least 4 members (excludes halogenated alkanes) is 1. The average Bonchev–Trinajstić information content (AvgIpc) is 2.34. The van der Waals surface area contributed by atoms with Gasteiger partial charge in [-0.25, -0.2) is 4.79 Å². The molecule has 0 aliphatic carbocycles.